The van der Waals surface area contributed by atoms with Gasteiger partial charge in [0, 0.05) is 17.7 Å². The Morgan fingerprint density at radius 1 is 1.15 bits per heavy atom. The highest BCUT2D eigenvalue weighted by molar-refractivity contribution is 8.00. The molecule has 3 nitrogen and oxygen atoms in total. The zero-order chi connectivity index (χ0) is 18.4. The molecule has 0 saturated carbocycles. The Morgan fingerprint density at radius 2 is 1.96 bits per heavy atom. The number of rotatable bonds is 7. The van der Waals surface area contributed by atoms with E-state index in [-0.39, 0.29) is 5.91 Å². The van der Waals surface area contributed by atoms with Gasteiger partial charge >= 0.3 is 0 Å². The van der Waals surface area contributed by atoms with Gasteiger partial charge in [-0.3, -0.25) is 4.79 Å². The molecule has 1 aromatic heterocycles. The molecule has 0 radical (unpaired) electrons. The lowest BCUT2D eigenvalue weighted by molar-refractivity contribution is -0.120. The van der Waals surface area contributed by atoms with Crippen molar-refractivity contribution in [1.29, 1.82) is 0 Å². The van der Waals surface area contributed by atoms with Crippen LogP contribution in [-0.2, 0) is 23.5 Å². The summed E-state index contributed by atoms with van der Waals surface area (Å²) in [4.78, 5) is 16.7. The van der Waals surface area contributed by atoms with Crippen LogP contribution in [0.2, 0.25) is 0 Å². The molecule has 1 N–H and O–H groups in total. The van der Waals surface area contributed by atoms with Crippen molar-refractivity contribution in [3.63, 3.8) is 0 Å². The first kappa shape index (κ1) is 18.7. The zero-order valence-electron chi connectivity index (χ0n) is 15.0. The first-order chi connectivity index (χ1) is 12.6. The molecule has 0 spiro atoms. The van der Waals surface area contributed by atoms with Gasteiger partial charge in [0.1, 0.15) is 4.34 Å². The van der Waals surface area contributed by atoms with Gasteiger partial charge in [-0.15, -0.1) is 11.3 Å². The average Bonchev–Trinajstić information content (AvgIpc) is 3.09. The summed E-state index contributed by atoms with van der Waals surface area (Å²) in [5.74, 6) is 0.908. The predicted octanol–water partition coefficient (Wildman–Crippen LogP) is 4.91. The fourth-order valence-corrected chi connectivity index (χ4v) is 4.46. The van der Waals surface area contributed by atoms with Crippen molar-refractivity contribution in [3.05, 3.63) is 81.9 Å². The van der Waals surface area contributed by atoms with E-state index in [1.807, 2.05) is 35.7 Å². The van der Waals surface area contributed by atoms with Gasteiger partial charge in [-0.25, -0.2) is 4.98 Å². The molecule has 0 unspecified atom stereocenters. The van der Waals surface area contributed by atoms with Crippen molar-refractivity contribution < 1.29 is 4.79 Å². The SMILES string of the molecule is Cc1ccc(C)c(CSc2nc(CC(=O)NCc3ccccc3)cs2)c1. The predicted molar refractivity (Wildman–Crippen MR) is 110 cm³/mol. The van der Waals surface area contributed by atoms with E-state index in [4.69, 9.17) is 0 Å². The molecule has 3 rings (SSSR count). The van der Waals surface area contributed by atoms with Crippen molar-refractivity contribution in [1.82, 2.24) is 10.3 Å². The van der Waals surface area contributed by atoms with E-state index in [0.29, 0.717) is 13.0 Å². The third-order valence-corrected chi connectivity index (χ3v) is 6.18. The van der Waals surface area contributed by atoms with Gasteiger partial charge in [0.2, 0.25) is 5.91 Å². The van der Waals surface area contributed by atoms with E-state index < -0.39 is 0 Å². The van der Waals surface area contributed by atoms with Crippen LogP contribution in [0, 0.1) is 13.8 Å². The first-order valence-corrected chi connectivity index (χ1v) is 10.4. The standard InChI is InChI=1S/C21H22N2OS2/c1-15-8-9-16(2)18(10-15)13-25-21-23-19(14-26-21)11-20(24)22-12-17-6-4-3-5-7-17/h3-10,14H,11-13H2,1-2H3,(H,22,24). The maximum absolute atomic E-state index is 12.1. The lowest BCUT2D eigenvalue weighted by atomic mass is 10.1. The first-order valence-electron chi connectivity index (χ1n) is 8.54. The second kappa shape index (κ2) is 9.01. The number of aromatic nitrogens is 1. The molecular weight excluding hydrogens is 360 g/mol. The van der Waals surface area contributed by atoms with Gasteiger partial charge in [0.05, 0.1) is 12.1 Å². The fraction of sp³-hybridized carbons (Fsp3) is 0.238. The average molecular weight is 383 g/mol. The number of carbonyl (C=O) groups excluding carboxylic acids is 1. The van der Waals surface area contributed by atoms with Gasteiger partial charge in [-0.2, -0.15) is 0 Å². The molecule has 5 heteroatoms. The van der Waals surface area contributed by atoms with Crippen molar-refractivity contribution >= 4 is 29.0 Å². The summed E-state index contributed by atoms with van der Waals surface area (Å²) < 4.78 is 1.01. The summed E-state index contributed by atoms with van der Waals surface area (Å²) in [7, 11) is 0. The molecule has 26 heavy (non-hydrogen) atoms. The molecule has 134 valence electrons. The largest absolute Gasteiger partial charge is 0.352 e. The maximum Gasteiger partial charge on any atom is 0.226 e. The van der Waals surface area contributed by atoms with E-state index in [9.17, 15) is 4.79 Å². The minimum Gasteiger partial charge on any atom is -0.352 e. The monoisotopic (exact) mass is 382 g/mol. The summed E-state index contributed by atoms with van der Waals surface area (Å²) in [6.07, 6.45) is 0.327. The lowest BCUT2D eigenvalue weighted by Gasteiger charge is -2.05. The Balaban J connectivity index is 1.49. The summed E-state index contributed by atoms with van der Waals surface area (Å²) in [5, 5.41) is 4.93. The lowest BCUT2D eigenvalue weighted by Crippen LogP contribution is -2.24. The number of thioether (sulfide) groups is 1. The van der Waals surface area contributed by atoms with E-state index in [2.05, 4.69) is 42.3 Å². The number of nitrogens with one attached hydrogen (secondary N) is 1. The fourth-order valence-electron chi connectivity index (χ4n) is 2.55. The molecule has 0 saturated heterocycles. The Hall–Kier alpha value is -2.11. The molecule has 1 amide bonds. The number of thiazole rings is 1. The van der Waals surface area contributed by atoms with E-state index in [1.54, 1.807) is 23.1 Å². The molecule has 0 aliphatic heterocycles. The summed E-state index contributed by atoms with van der Waals surface area (Å²) in [6.45, 7) is 4.81. The van der Waals surface area contributed by atoms with Gasteiger partial charge in [-0.05, 0) is 30.5 Å². The third-order valence-electron chi connectivity index (χ3n) is 4.06. The third kappa shape index (κ3) is 5.44. The molecule has 0 aliphatic carbocycles. The van der Waals surface area contributed by atoms with Crippen molar-refractivity contribution in [3.8, 4) is 0 Å². The van der Waals surface area contributed by atoms with Crippen LogP contribution in [0.4, 0.5) is 0 Å². The Kier molecular flexibility index (Phi) is 6.47. The topological polar surface area (TPSA) is 42.0 Å². The summed E-state index contributed by atoms with van der Waals surface area (Å²) >= 11 is 3.34. The number of hydrogen-bond donors (Lipinski definition) is 1. The Morgan fingerprint density at radius 3 is 2.77 bits per heavy atom. The number of nitrogens with zero attached hydrogens (tertiary/aromatic N) is 1. The van der Waals surface area contributed by atoms with Crippen LogP contribution in [0.5, 0.6) is 0 Å². The molecule has 0 atom stereocenters. The van der Waals surface area contributed by atoms with Crippen molar-refractivity contribution in [2.45, 2.75) is 36.9 Å². The number of carbonyl (C=O) groups is 1. The van der Waals surface area contributed by atoms with Gasteiger partial charge in [0.25, 0.3) is 0 Å². The zero-order valence-corrected chi connectivity index (χ0v) is 16.6. The highest BCUT2D eigenvalue weighted by Crippen LogP contribution is 2.27. The molecule has 3 aromatic rings. The number of amides is 1. The summed E-state index contributed by atoms with van der Waals surface area (Å²) in [5.41, 5.74) is 5.86. The van der Waals surface area contributed by atoms with E-state index >= 15 is 0 Å². The van der Waals surface area contributed by atoms with Crippen LogP contribution < -0.4 is 5.32 Å². The quantitative estimate of drug-likeness (QED) is 0.590. The Bertz CT molecular complexity index is 875. The van der Waals surface area contributed by atoms with Crippen LogP contribution in [0.25, 0.3) is 0 Å². The maximum atomic E-state index is 12.1. The van der Waals surface area contributed by atoms with E-state index in [1.165, 1.54) is 16.7 Å². The van der Waals surface area contributed by atoms with Crippen LogP contribution in [0.1, 0.15) is 27.9 Å². The minimum absolute atomic E-state index is 0.00484. The van der Waals surface area contributed by atoms with E-state index in [0.717, 1.165) is 21.3 Å². The smallest absolute Gasteiger partial charge is 0.226 e. The summed E-state index contributed by atoms with van der Waals surface area (Å²) in [6, 6.07) is 16.5. The van der Waals surface area contributed by atoms with Crippen molar-refractivity contribution in [2.24, 2.45) is 0 Å². The van der Waals surface area contributed by atoms with Crippen LogP contribution in [-0.4, -0.2) is 10.9 Å². The second-order valence-electron chi connectivity index (χ2n) is 6.26. The second-order valence-corrected chi connectivity index (χ2v) is 8.34. The number of hydrogen-bond acceptors (Lipinski definition) is 4. The van der Waals surface area contributed by atoms with Crippen LogP contribution in [0.3, 0.4) is 0 Å². The van der Waals surface area contributed by atoms with Crippen molar-refractivity contribution in [2.75, 3.05) is 0 Å². The van der Waals surface area contributed by atoms with Crippen LogP contribution in [0.15, 0.2) is 58.3 Å². The van der Waals surface area contributed by atoms with Gasteiger partial charge in [-0.1, -0.05) is 65.9 Å². The van der Waals surface area contributed by atoms with Crippen LogP contribution >= 0.6 is 23.1 Å². The molecule has 0 bridgehead atoms. The van der Waals surface area contributed by atoms with Gasteiger partial charge < -0.3 is 5.32 Å². The molecule has 2 aromatic carbocycles. The van der Waals surface area contributed by atoms with Gasteiger partial charge in [0.15, 0.2) is 0 Å². The highest BCUT2D eigenvalue weighted by atomic mass is 32.2. The molecule has 1 heterocycles. The minimum atomic E-state index is 0.00484. The molecule has 0 fully saturated rings. The number of aryl methyl sites for hydroxylation is 2. The highest BCUT2D eigenvalue weighted by Gasteiger charge is 2.09. The molecule has 0 aliphatic rings. The normalized spacial score (nSPS) is 10.7. The Labute approximate surface area is 162 Å². The number of benzene rings is 2. The molecular formula is C21H22N2OS2.